The fraction of sp³-hybridized carbons (Fsp3) is 0.357. The predicted octanol–water partition coefficient (Wildman–Crippen LogP) is 1.57. The van der Waals surface area contributed by atoms with Crippen molar-refractivity contribution in [2.24, 2.45) is 5.92 Å². The van der Waals surface area contributed by atoms with E-state index < -0.39 is 0 Å². The number of amides is 1. The zero-order valence-corrected chi connectivity index (χ0v) is 13.8. The van der Waals surface area contributed by atoms with Crippen molar-refractivity contribution in [1.29, 1.82) is 0 Å². The predicted molar refractivity (Wildman–Crippen MR) is 89.7 cm³/mol. The summed E-state index contributed by atoms with van der Waals surface area (Å²) in [4.78, 5) is 16.4. The summed E-state index contributed by atoms with van der Waals surface area (Å²) in [6, 6.07) is 7.37. The molecule has 2 aromatic rings. The van der Waals surface area contributed by atoms with Crippen LogP contribution in [0.1, 0.15) is 16.2 Å². The second-order valence-electron chi connectivity index (χ2n) is 5.06. The Morgan fingerprint density at radius 1 is 1.36 bits per heavy atom. The SMILES string of the molecule is Cc1nc(-c2cccc(C(=O)NCC3CNC3)c2)n[nH]1.Cl.Cl. The number of benzene rings is 1. The van der Waals surface area contributed by atoms with Crippen LogP contribution in [0, 0.1) is 12.8 Å². The van der Waals surface area contributed by atoms with Gasteiger partial charge >= 0.3 is 0 Å². The summed E-state index contributed by atoms with van der Waals surface area (Å²) in [7, 11) is 0. The quantitative estimate of drug-likeness (QED) is 0.786. The number of rotatable bonds is 4. The van der Waals surface area contributed by atoms with Gasteiger partial charge in [-0.25, -0.2) is 4.98 Å². The van der Waals surface area contributed by atoms with Gasteiger partial charge in [0.05, 0.1) is 0 Å². The number of nitrogens with one attached hydrogen (secondary N) is 3. The molecule has 1 aliphatic heterocycles. The highest BCUT2D eigenvalue weighted by Crippen LogP contribution is 2.16. The Balaban J connectivity index is 0.00000121. The average Bonchev–Trinajstić information content (AvgIpc) is 2.84. The van der Waals surface area contributed by atoms with Crippen LogP contribution in [0.2, 0.25) is 0 Å². The first-order valence-electron chi connectivity index (χ1n) is 6.71. The molecular formula is C14H19Cl2N5O. The first-order chi connectivity index (χ1) is 9.72. The minimum Gasteiger partial charge on any atom is -0.352 e. The maximum absolute atomic E-state index is 12.1. The number of aromatic nitrogens is 3. The maximum atomic E-state index is 12.1. The fourth-order valence-electron chi connectivity index (χ4n) is 2.10. The smallest absolute Gasteiger partial charge is 0.251 e. The van der Waals surface area contributed by atoms with Crippen LogP contribution in [-0.2, 0) is 0 Å². The molecule has 1 amide bonds. The van der Waals surface area contributed by atoms with Crippen LogP contribution in [-0.4, -0.2) is 40.7 Å². The van der Waals surface area contributed by atoms with Gasteiger partial charge in [-0.1, -0.05) is 12.1 Å². The molecule has 0 spiro atoms. The van der Waals surface area contributed by atoms with Crippen molar-refractivity contribution < 1.29 is 4.79 Å². The molecule has 8 heteroatoms. The maximum Gasteiger partial charge on any atom is 0.251 e. The monoisotopic (exact) mass is 343 g/mol. The molecule has 0 radical (unpaired) electrons. The van der Waals surface area contributed by atoms with Crippen molar-refractivity contribution in [3.05, 3.63) is 35.7 Å². The van der Waals surface area contributed by atoms with E-state index in [0.717, 1.165) is 31.0 Å². The van der Waals surface area contributed by atoms with Gasteiger partial charge in [0.15, 0.2) is 5.82 Å². The number of aryl methyl sites for hydroxylation is 1. The van der Waals surface area contributed by atoms with Crippen molar-refractivity contribution >= 4 is 30.7 Å². The molecule has 0 aliphatic carbocycles. The molecule has 120 valence electrons. The summed E-state index contributed by atoms with van der Waals surface area (Å²) in [6.07, 6.45) is 0. The van der Waals surface area contributed by atoms with Crippen LogP contribution in [0.4, 0.5) is 0 Å². The molecule has 1 saturated heterocycles. The summed E-state index contributed by atoms with van der Waals surface area (Å²) in [5, 5.41) is 13.1. The number of H-pyrrole nitrogens is 1. The standard InChI is InChI=1S/C14H17N5O.2ClH/c1-9-17-13(19-18-9)11-3-2-4-12(5-11)14(20)16-8-10-6-15-7-10;;/h2-5,10,15H,6-8H2,1H3,(H,16,20)(H,17,18,19);2*1H. The molecule has 1 aromatic heterocycles. The van der Waals surface area contributed by atoms with Crippen LogP contribution in [0.5, 0.6) is 0 Å². The molecule has 3 N–H and O–H groups in total. The van der Waals surface area contributed by atoms with E-state index in [0.29, 0.717) is 17.3 Å². The number of aromatic amines is 1. The van der Waals surface area contributed by atoms with Gasteiger partial charge in [0.1, 0.15) is 5.82 Å². The number of carbonyl (C=O) groups is 1. The van der Waals surface area contributed by atoms with Crippen LogP contribution in [0.3, 0.4) is 0 Å². The molecule has 6 nitrogen and oxygen atoms in total. The third-order valence-corrected chi connectivity index (χ3v) is 3.40. The van der Waals surface area contributed by atoms with Gasteiger partial charge < -0.3 is 10.6 Å². The normalized spacial score (nSPS) is 13.5. The molecule has 22 heavy (non-hydrogen) atoms. The average molecular weight is 344 g/mol. The van der Waals surface area contributed by atoms with Crippen molar-refractivity contribution in [1.82, 2.24) is 25.8 Å². The first kappa shape index (κ1) is 18.4. The van der Waals surface area contributed by atoms with Crippen LogP contribution < -0.4 is 10.6 Å². The van der Waals surface area contributed by atoms with Gasteiger partial charge in [0.25, 0.3) is 5.91 Å². The number of hydrogen-bond donors (Lipinski definition) is 3. The topological polar surface area (TPSA) is 82.7 Å². The van der Waals surface area contributed by atoms with E-state index in [1.54, 1.807) is 6.07 Å². The van der Waals surface area contributed by atoms with E-state index in [4.69, 9.17) is 0 Å². The van der Waals surface area contributed by atoms with Crippen LogP contribution in [0.25, 0.3) is 11.4 Å². The van der Waals surface area contributed by atoms with E-state index >= 15 is 0 Å². The lowest BCUT2D eigenvalue weighted by atomic mass is 10.0. The van der Waals surface area contributed by atoms with Crippen molar-refractivity contribution in [3.8, 4) is 11.4 Å². The molecule has 0 saturated carbocycles. The van der Waals surface area contributed by atoms with Gasteiger partial charge in [-0.2, -0.15) is 5.10 Å². The molecule has 1 aromatic carbocycles. The lowest BCUT2D eigenvalue weighted by Gasteiger charge is -2.27. The van der Waals surface area contributed by atoms with E-state index in [1.165, 1.54) is 0 Å². The number of hydrogen-bond acceptors (Lipinski definition) is 4. The zero-order chi connectivity index (χ0) is 13.9. The van der Waals surface area contributed by atoms with Crippen molar-refractivity contribution in [2.75, 3.05) is 19.6 Å². The Bertz CT molecular complexity index is 627. The first-order valence-corrected chi connectivity index (χ1v) is 6.71. The summed E-state index contributed by atoms with van der Waals surface area (Å²) in [6.45, 7) is 4.53. The summed E-state index contributed by atoms with van der Waals surface area (Å²) in [5.74, 6) is 1.87. The highest BCUT2D eigenvalue weighted by molar-refractivity contribution is 5.95. The van der Waals surface area contributed by atoms with Gasteiger partial charge in [-0.15, -0.1) is 24.8 Å². The third kappa shape index (κ3) is 4.19. The highest BCUT2D eigenvalue weighted by Gasteiger charge is 2.17. The Morgan fingerprint density at radius 2 is 2.14 bits per heavy atom. The summed E-state index contributed by atoms with van der Waals surface area (Å²) in [5.41, 5.74) is 1.48. The highest BCUT2D eigenvalue weighted by atomic mass is 35.5. The number of nitrogens with zero attached hydrogens (tertiary/aromatic N) is 2. The number of halogens is 2. The van der Waals surface area contributed by atoms with E-state index in [9.17, 15) is 4.79 Å². The molecule has 0 bridgehead atoms. The number of carbonyl (C=O) groups excluding carboxylic acids is 1. The Labute approximate surface area is 141 Å². The van der Waals surface area contributed by atoms with E-state index in [-0.39, 0.29) is 30.7 Å². The van der Waals surface area contributed by atoms with Crippen LogP contribution >= 0.6 is 24.8 Å². The van der Waals surface area contributed by atoms with E-state index in [2.05, 4.69) is 25.8 Å². The Hall–Kier alpha value is -1.63. The fourth-order valence-corrected chi connectivity index (χ4v) is 2.10. The Morgan fingerprint density at radius 3 is 2.73 bits per heavy atom. The van der Waals surface area contributed by atoms with Gasteiger partial charge in [-0.05, 0) is 19.1 Å². The van der Waals surface area contributed by atoms with Gasteiger partial charge in [0.2, 0.25) is 0 Å². The molecule has 2 heterocycles. The largest absolute Gasteiger partial charge is 0.352 e. The molecular weight excluding hydrogens is 325 g/mol. The van der Waals surface area contributed by atoms with Crippen molar-refractivity contribution in [2.45, 2.75) is 6.92 Å². The lowest BCUT2D eigenvalue weighted by molar-refractivity contribution is 0.0942. The molecule has 0 unspecified atom stereocenters. The second kappa shape index (κ2) is 8.12. The second-order valence-corrected chi connectivity index (χ2v) is 5.06. The van der Waals surface area contributed by atoms with Gasteiger partial charge in [-0.3, -0.25) is 9.89 Å². The van der Waals surface area contributed by atoms with Crippen LogP contribution in [0.15, 0.2) is 24.3 Å². The Kier molecular flexibility index (Phi) is 6.80. The lowest BCUT2D eigenvalue weighted by Crippen LogP contribution is -2.48. The summed E-state index contributed by atoms with van der Waals surface area (Å²) >= 11 is 0. The van der Waals surface area contributed by atoms with Gasteiger partial charge in [0, 0.05) is 36.7 Å². The third-order valence-electron chi connectivity index (χ3n) is 3.40. The molecule has 1 fully saturated rings. The minimum absolute atomic E-state index is 0. The zero-order valence-electron chi connectivity index (χ0n) is 12.1. The summed E-state index contributed by atoms with van der Waals surface area (Å²) < 4.78 is 0. The minimum atomic E-state index is -0.0500. The molecule has 1 aliphatic rings. The molecule has 0 atom stereocenters. The van der Waals surface area contributed by atoms with E-state index in [1.807, 2.05) is 25.1 Å². The molecule has 3 rings (SSSR count). The van der Waals surface area contributed by atoms with Crippen molar-refractivity contribution in [3.63, 3.8) is 0 Å².